The van der Waals surface area contributed by atoms with E-state index in [0.29, 0.717) is 0 Å². The molecule has 0 aromatic heterocycles. The minimum atomic E-state index is -4.55. The van der Waals surface area contributed by atoms with Crippen LogP contribution in [-0.2, 0) is 10.9 Å². The van der Waals surface area contributed by atoms with E-state index in [1.807, 2.05) is 48.5 Å². The molecule has 1 amide bonds. The number of carbonyl (C=O) groups is 1. The van der Waals surface area contributed by atoms with Crippen molar-refractivity contribution in [2.45, 2.75) is 12.1 Å². The Balaban J connectivity index is 1.35. The average Bonchev–Trinajstić information content (AvgIpc) is 3.09. The lowest BCUT2D eigenvalue weighted by atomic mass is 9.98. The highest BCUT2D eigenvalue weighted by Gasteiger charge is 2.33. The maximum atomic E-state index is 12.9. The van der Waals surface area contributed by atoms with Gasteiger partial charge in [-0.05, 0) is 40.5 Å². The zero-order valence-corrected chi connectivity index (χ0v) is 16.9. The van der Waals surface area contributed by atoms with Gasteiger partial charge in [-0.3, -0.25) is 0 Å². The van der Waals surface area contributed by atoms with Gasteiger partial charge in [0.15, 0.2) is 0 Å². The van der Waals surface area contributed by atoms with Crippen molar-refractivity contribution in [2.24, 2.45) is 0 Å². The summed E-state index contributed by atoms with van der Waals surface area (Å²) in [6.07, 6.45) is -5.20. The molecule has 0 spiro atoms. The first-order valence-electron chi connectivity index (χ1n) is 9.89. The molecule has 0 bridgehead atoms. The molecule has 4 rings (SSSR count). The van der Waals surface area contributed by atoms with Gasteiger partial charge in [0.1, 0.15) is 6.61 Å². The van der Waals surface area contributed by atoms with Gasteiger partial charge in [-0.15, -0.1) is 0 Å². The van der Waals surface area contributed by atoms with E-state index >= 15 is 0 Å². The molecular formula is C25H19F3N2O2. The van der Waals surface area contributed by atoms with Crippen LogP contribution in [0.15, 0.2) is 66.7 Å². The Labute approximate surface area is 183 Å². The van der Waals surface area contributed by atoms with Crippen molar-refractivity contribution in [1.29, 1.82) is 0 Å². The molecule has 0 atom stereocenters. The number of alkyl carbamates (subject to hydrolysis) is 1. The molecule has 0 unspecified atom stereocenters. The molecule has 3 aromatic rings. The van der Waals surface area contributed by atoms with Gasteiger partial charge in [-0.1, -0.05) is 60.4 Å². The lowest BCUT2D eigenvalue weighted by molar-refractivity contribution is -0.136. The van der Waals surface area contributed by atoms with E-state index in [0.717, 1.165) is 34.4 Å². The Morgan fingerprint density at radius 1 is 1.00 bits per heavy atom. The highest BCUT2D eigenvalue weighted by Crippen LogP contribution is 2.44. The van der Waals surface area contributed by atoms with Gasteiger partial charge < -0.3 is 15.8 Å². The quantitative estimate of drug-likeness (QED) is 0.439. The van der Waals surface area contributed by atoms with Crippen LogP contribution in [0.5, 0.6) is 0 Å². The van der Waals surface area contributed by atoms with Crippen molar-refractivity contribution >= 4 is 11.8 Å². The number of anilines is 1. The van der Waals surface area contributed by atoms with E-state index in [4.69, 9.17) is 10.5 Å². The first-order chi connectivity index (χ1) is 15.3. The van der Waals surface area contributed by atoms with E-state index in [2.05, 4.69) is 17.2 Å². The Morgan fingerprint density at radius 2 is 1.62 bits per heavy atom. The Hall–Kier alpha value is -3.92. The second kappa shape index (κ2) is 8.67. The smallest absolute Gasteiger partial charge is 0.418 e. The molecular weight excluding hydrogens is 417 g/mol. The first-order valence-corrected chi connectivity index (χ1v) is 9.89. The molecule has 32 heavy (non-hydrogen) atoms. The van der Waals surface area contributed by atoms with Crippen molar-refractivity contribution in [2.75, 3.05) is 18.9 Å². The monoisotopic (exact) mass is 436 g/mol. The third-order valence-corrected chi connectivity index (χ3v) is 5.26. The molecule has 1 aliphatic rings. The number of nitrogens with one attached hydrogen (secondary N) is 1. The van der Waals surface area contributed by atoms with Crippen molar-refractivity contribution < 1.29 is 22.7 Å². The molecule has 0 heterocycles. The Kier molecular flexibility index (Phi) is 5.78. The summed E-state index contributed by atoms with van der Waals surface area (Å²) in [5.41, 5.74) is 8.69. The molecule has 3 aromatic carbocycles. The van der Waals surface area contributed by atoms with Crippen molar-refractivity contribution in [3.8, 4) is 23.0 Å². The number of rotatable bonds is 3. The topological polar surface area (TPSA) is 64.3 Å². The third kappa shape index (κ3) is 4.40. The van der Waals surface area contributed by atoms with Crippen LogP contribution in [0.25, 0.3) is 11.1 Å². The average molecular weight is 436 g/mol. The van der Waals surface area contributed by atoms with Crippen LogP contribution in [-0.4, -0.2) is 19.2 Å². The number of carbonyl (C=O) groups excluding carboxylic acids is 1. The highest BCUT2D eigenvalue weighted by atomic mass is 19.4. The summed E-state index contributed by atoms with van der Waals surface area (Å²) in [7, 11) is 0. The molecule has 0 aliphatic heterocycles. The summed E-state index contributed by atoms with van der Waals surface area (Å²) in [5, 5.41) is 2.50. The number of amides is 1. The maximum Gasteiger partial charge on any atom is 0.418 e. The Bertz CT molecular complexity index is 1180. The summed E-state index contributed by atoms with van der Waals surface area (Å²) in [6, 6.07) is 19.4. The number of nitrogens with two attached hydrogens (primary N) is 1. The molecule has 0 saturated carbocycles. The van der Waals surface area contributed by atoms with Gasteiger partial charge in [0.2, 0.25) is 0 Å². The largest absolute Gasteiger partial charge is 0.449 e. The van der Waals surface area contributed by atoms with Crippen LogP contribution < -0.4 is 11.1 Å². The molecule has 0 fully saturated rings. The summed E-state index contributed by atoms with van der Waals surface area (Å²) < 4.78 is 44.1. The van der Waals surface area contributed by atoms with Gasteiger partial charge >= 0.3 is 12.3 Å². The van der Waals surface area contributed by atoms with Gasteiger partial charge in [0.05, 0.1) is 12.1 Å². The van der Waals surface area contributed by atoms with Gasteiger partial charge in [0, 0.05) is 17.2 Å². The number of fused-ring (bicyclic) bond motifs is 3. The molecule has 4 nitrogen and oxygen atoms in total. The summed E-state index contributed by atoms with van der Waals surface area (Å²) in [4.78, 5) is 12.1. The number of hydrogen-bond donors (Lipinski definition) is 2. The lowest BCUT2D eigenvalue weighted by Gasteiger charge is -2.14. The zero-order valence-electron chi connectivity index (χ0n) is 16.9. The second-order valence-electron chi connectivity index (χ2n) is 7.28. The molecule has 1 aliphatic carbocycles. The van der Waals surface area contributed by atoms with Crippen molar-refractivity contribution in [3.05, 3.63) is 89.0 Å². The minimum absolute atomic E-state index is 0.0604. The van der Waals surface area contributed by atoms with Crippen LogP contribution in [0.3, 0.4) is 0 Å². The first kappa shape index (κ1) is 21.3. The van der Waals surface area contributed by atoms with E-state index in [1.165, 1.54) is 6.07 Å². The highest BCUT2D eigenvalue weighted by molar-refractivity contribution is 5.79. The predicted octanol–water partition coefficient (Wildman–Crippen LogP) is 5.18. The number of alkyl halides is 3. The van der Waals surface area contributed by atoms with E-state index in [1.54, 1.807) is 0 Å². The summed E-state index contributed by atoms with van der Waals surface area (Å²) in [5.74, 6) is 5.15. The SMILES string of the molecule is Nc1ccc(C#CCNC(=O)OCC2c3ccccc3-c3ccccc32)cc1C(F)(F)F. The standard InChI is InChI=1S/C25H19F3N2O2/c26-25(27,28)22-14-16(11-12-23(22)29)6-5-13-30-24(31)32-15-21-19-9-3-1-7-17(19)18-8-2-4-10-20(18)21/h1-4,7-12,14,21H,13,15,29H2,(H,30,31). The number of hydrogen-bond acceptors (Lipinski definition) is 3. The Morgan fingerprint density at radius 3 is 2.25 bits per heavy atom. The normalized spacial score (nSPS) is 12.3. The second-order valence-corrected chi connectivity index (χ2v) is 7.28. The minimum Gasteiger partial charge on any atom is -0.449 e. The van der Waals surface area contributed by atoms with Crippen LogP contribution in [0.2, 0.25) is 0 Å². The number of halogens is 3. The zero-order chi connectivity index (χ0) is 22.7. The molecule has 0 radical (unpaired) electrons. The fourth-order valence-electron chi connectivity index (χ4n) is 3.79. The predicted molar refractivity (Wildman–Crippen MR) is 116 cm³/mol. The maximum absolute atomic E-state index is 12.9. The van der Waals surface area contributed by atoms with Crippen molar-refractivity contribution in [1.82, 2.24) is 5.32 Å². The number of nitrogen functional groups attached to an aromatic ring is 1. The summed E-state index contributed by atoms with van der Waals surface area (Å²) in [6.45, 7) is 0.0998. The summed E-state index contributed by atoms with van der Waals surface area (Å²) >= 11 is 0. The molecule has 162 valence electrons. The van der Waals surface area contributed by atoms with Crippen LogP contribution in [0.1, 0.15) is 28.2 Å². The third-order valence-electron chi connectivity index (χ3n) is 5.26. The van der Waals surface area contributed by atoms with E-state index in [-0.39, 0.29) is 30.3 Å². The number of benzene rings is 3. The number of ether oxygens (including phenoxy) is 1. The fourth-order valence-corrected chi connectivity index (χ4v) is 3.79. The van der Waals surface area contributed by atoms with E-state index < -0.39 is 17.8 Å². The molecule has 7 heteroatoms. The van der Waals surface area contributed by atoms with E-state index in [9.17, 15) is 18.0 Å². The van der Waals surface area contributed by atoms with Crippen LogP contribution in [0, 0.1) is 11.8 Å². The van der Waals surface area contributed by atoms with Crippen LogP contribution >= 0.6 is 0 Å². The molecule has 0 saturated heterocycles. The van der Waals surface area contributed by atoms with Crippen LogP contribution in [0.4, 0.5) is 23.7 Å². The van der Waals surface area contributed by atoms with Crippen molar-refractivity contribution in [3.63, 3.8) is 0 Å². The lowest BCUT2D eigenvalue weighted by Crippen LogP contribution is -2.26. The van der Waals surface area contributed by atoms with Gasteiger partial charge in [0.25, 0.3) is 0 Å². The van der Waals surface area contributed by atoms with Gasteiger partial charge in [-0.2, -0.15) is 13.2 Å². The van der Waals surface area contributed by atoms with Gasteiger partial charge in [-0.25, -0.2) is 4.79 Å². The molecule has 3 N–H and O–H groups in total. The fraction of sp³-hybridized carbons (Fsp3) is 0.160.